The van der Waals surface area contributed by atoms with E-state index in [1.807, 2.05) is 0 Å². The molecule has 0 radical (unpaired) electrons. The SMILES string of the molecule is Cc1ccnc2c1nc(C(F)(F)F)n2-c1ccc2[nH]ncc2c1. The Bertz CT molecular complexity index is 1030. The number of aryl methyl sites for hydroxylation is 1. The smallest absolute Gasteiger partial charge is 0.278 e. The summed E-state index contributed by atoms with van der Waals surface area (Å²) < 4.78 is 41.3. The number of alkyl halides is 3. The van der Waals surface area contributed by atoms with Crippen molar-refractivity contribution >= 4 is 22.1 Å². The Morgan fingerprint density at radius 3 is 2.78 bits per heavy atom. The van der Waals surface area contributed by atoms with Crippen molar-refractivity contribution in [2.24, 2.45) is 0 Å². The first kappa shape index (κ1) is 13.7. The molecule has 0 bridgehead atoms. The number of H-pyrrole nitrogens is 1. The van der Waals surface area contributed by atoms with Crippen molar-refractivity contribution < 1.29 is 13.2 Å². The van der Waals surface area contributed by atoms with Gasteiger partial charge in [0.2, 0.25) is 5.82 Å². The van der Waals surface area contributed by atoms with Crippen LogP contribution in [0, 0.1) is 6.92 Å². The van der Waals surface area contributed by atoms with Crippen LogP contribution < -0.4 is 0 Å². The summed E-state index contributed by atoms with van der Waals surface area (Å²) in [6.07, 6.45) is -1.55. The first-order chi connectivity index (χ1) is 10.9. The second kappa shape index (κ2) is 4.55. The van der Waals surface area contributed by atoms with E-state index in [0.717, 1.165) is 10.1 Å². The van der Waals surface area contributed by atoms with Crippen LogP contribution >= 0.6 is 0 Å². The van der Waals surface area contributed by atoms with Gasteiger partial charge in [-0.2, -0.15) is 18.3 Å². The lowest BCUT2D eigenvalue weighted by Crippen LogP contribution is -2.14. The van der Waals surface area contributed by atoms with Gasteiger partial charge in [0.25, 0.3) is 0 Å². The zero-order valence-electron chi connectivity index (χ0n) is 11.9. The largest absolute Gasteiger partial charge is 0.450 e. The zero-order valence-corrected chi connectivity index (χ0v) is 11.9. The molecule has 3 heterocycles. The van der Waals surface area contributed by atoms with Gasteiger partial charge < -0.3 is 0 Å². The molecule has 0 aliphatic carbocycles. The quantitative estimate of drug-likeness (QED) is 0.583. The molecule has 3 aromatic heterocycles. The predicted octanol–water partition coefficient (Wildman–Crippen LogP) is 3.62. The van der Waals surface area contributed by atoms with Gasteiger partial charge in [0, 0.05) is 17.3 Å². The van der Waals surface area contributed by atoms with Gasteiger partial charge in [-0.15, -0.1) is 0 Å². The molecule has 8 heteroatoms. The van der Waals surface area contributed by atoms with E-state index in [1.165, 1.54) is 6.20 Å². The van der Waals surface area contributed by atoms with Gasteiger partial charge in [0.1, 0.15) is 5.52 Å². The maximum Gasteiger partial charge on any atom is 0.450 e. The number of fused-ring (bicyclic) bond motifs is 2. The van der Waals surface area contributed by atoms with Gasteiger partial charge in [-0.05, 0) is 36.8 Å². The minimum absolute atomic E-state index is 0.181. The molecule has 0 atom stereocenters. The molecule has 23 heavy (non-hydrogen) atoms. The van der Waals surface area contributed by atoms with E-state index in [2.05, 4.69) is 20.2 Å². The van der Waals surface area contributed by atoms with E-state index in [4.69, 9.17) is 0 Å². The fraction of sp³-hybridized carbons (Fsp3) is 0.133. The van der Waals surface area contributed by atoms with E-state index < -0.39 is 12.0 Å². The topological polar surface area (TPSA) is 59.4 Å². The Labute approximate surface area is 127 Å². The van der Waals surface area contributed by atoms with Crippen molar-refractivity contribution in [3.05, 3.63) is 48.0 Å². The van der Waals surface area contributed by atoms with Gasteiger partial charge >= 0.3 is 6.18 Å². The lowest BCUT2D eigenvalue weighted by atomic mass is 10.2. The minimum atomic E-state index is -4.58. The van der Waals surface area contributed by atoms with Crippen molar-refractivity contribution in [2.45, 2.75) is 13.1 Å². The van der Waals surface area contributed by atoms with Crippen LogP contribution in [-0.4, -0.2) is 24.7 Å². The van der Waals surface area contributed by atoms with Crippen molar-refractivity contribution in [3.8, 4) is 5.69 Å². The fourth-order valence-electron chi connectivity index (χ4n) is 2.60. The molecule has 0 spiro atoms. The molecule has 4 aromatic rings. The molecular formula is C15H10F3N5. The Balaban J connectivity index is 2.09. The molecule has 1 N–H and O–H groups in total. The molecule has 1 aromatic carbocycles. The minimum Gasteiger partial charge on any atom is -0.278 e. The number of imidazole rings is 1. The van der Waals surface area contributed by atoms with E-state index in [-0.39, 0.29) is 11.2 Å². The summed E-state index contributed by atoms with van der Waals surface area (Å²) in [7, 11) is 0. The van der Waals surface area contributed by atoms with Crippen LogP contribution in [0.3, 0.4) is 0 Å². The van der Waals surface area contributed by atoms with Crippen LogP contribution in [0.2, 0.25) is 0 Å². The number of nitrogens with zero attached hydrogens (tertiary/aromatic N) is 4. The standard InChI is InChI=1S/C15H10F3N5/c1-8-4-5-19-13-12(8)21-14(15(16,17)18)23(13)10-2-3-11-9(6-10)7-20-22-11/h2-7H,1H3,(H,20,22). The highest BCUT2D eigenvalue weighted by atomic mass is 19.4. The highest BCUT2D eigenvalue weighted by molar-refractivity contribution is 5.82. The van der Waals surface area contributed by atoms with E-state index in [0.29, 0.717) is 16.6 Å². The van der Waals surface area contributed by atoms with Crippen LogP contribution in [0.1, 0.15) is 11.4 Å². The number of hydrogen-bond acceptors (Lipinski definition) is 3. The van der Waals surface area contributed by atoms with E-state index in [9.17, 15) is 13.2 Å². The first-order valence-electron chi connectivity index (χ1n) is 6.80. The number of rotatable bonds is 1. The molecule has 0 aliphatic heterocycles. The third-order valence-corrected chi connectivity index (χ3v) is 3.68. The summed E-state index contributed by atoms with van der Waals surface area (Å²) in [4.78, 5) is 7.88. The molecule has 116 valence electrons. The van der Waals surface area contributed by atoms with Gasteiger partial charge in [0.15, 0.2) is 5.65 Å². The van der Waals surface area contributed by atoms with Crippen LogP contribution in [0.4, 0.5) is 13.2 Å². The number of pyridine rings is 1. The maximum absolute atomic E-state index is 13.4. The highest BCUT2D eigenvalue weighted by Crippen LogP contribution is 2.34. The predicted molar refractivity (Wildman–Crippen MR) is 78.3 cm³/mol. The average Bonchev–Trinajstić information content (AvgIpc) is 3.10. The third-order valence-electron chi connectivity index (χ3n) is 3.68. The van der Waals surface area contributed by atoms with Crippen LogP contribution in [0.25, 0.3) is 27.8 Å². The van der Waals surface area contributed by atoms with Crippen molar-refractivity contribution in [2.75, 3.05) is 0 Å². The lowest BCUT2D eigenvalue weighted by molar-refractivity contribution is -0.145. The van der Waals surface area contributed by atoms with Crippen molar-refractivity contribution in [3.63, 3.8) is 0 Å². The van der Waals surface area contributed by atoms with Gasteiger partial charge in [-0.3, -0.25) is 9.67 Å². The number of aromatic nitrogens is 5. The third kappa shape index (κ3) is 2.06. The summed E-state index contributed by atoms with van der Waals surface area (Å²) in [5.41, 5.74) is 2.15. The summed E-state index contributed by atoms with van der Waals surface area (Å²) >= 11 is 0. The lowest BCUT2D eigenvalue weighted by Gasteiger charge is -2.11. The summed E-state index contributed by atoms with van der Waals surface area (Å²) in [6, 6.07) is 6.53. The monoisotopic (exact) mass is 317 g/mol. The summed E-state index contributed by atoms with van der Waals surface area (Å²) in [6.45, 7) is 1.71. The Morgan fingerprint density at radius 1 is 1.17 bits per heavy atom. The number of halogens is 3. The average molecular weight is 317 g/mol. The molecule has 0 saturated carbocycles. The number of aromatic amines is 1. The Hall–Kier alpha value is -2.90. The van der Waals surface area contributed by atoms with E-state index >= 15 is 0 Å². The second-order valence-corrected chi connectivity index (χ2v) is 5.21. The van der Waals surface area contributed by atoms with Gasteiger partial charge in [-0.25, -0.2) is 9.97 Å². The molecule has 4 rings (SSSR count). The molecule has 5 nitrogen and oxygen atoms in total. The first-order valence-corrected chi connectivity index (χ1v) is 6.80. The number of benzene rings is 1. The van der Waals surface area contributed by atoms with Gasteiger partial charge in [0.05, 0.1) is 11.7 Å². The molecule has 0 amide bonds. The number of hydrogen-bond donors (Lipinski definition) is 1. The van der Waals surface area contributed by atoms with Crippen LogP contribution in [-0.2, 0) is 6.18 Å². The fourth-order valence-corrected chi connectivity index (χ4v) is 2.60. The van der Waals surface area contributed by atoms with Crippen molar-refractivity contribution in [1.82, 2.24) is 24.7 Å². The molecule has 0 fully saturated rings. The molecular weight excluding hydrogens is 307 g/mol. The second-order valence-electron chi connectivity index (χ2n) is 5.21. The Kier molecular flexibility index (Phi) is 2.72. The van der Waals surface area contributed by atoms with Gasteiger partial charge in [-0.1, -0.05) is 0 Å². The van der Waals surface area contributed by atoms with Crippen molar-refractivity contribution in [1.29, 1.82) is 0 Å². The highest BCUT2D eigenvalue weighted by Gasteiger charge is 2.38. The van der Waals surface area contributed by atoms with E-state index in [1.54, 1.807) is 37.4 Å². The number of nitrogens with one attached hydrogen (secondary N) is 1. The van der Waals surface area contributed by atoms with Crippen LogP contribution in [0.5, 0.6) is 0 Å². The van der Waals surface area contributed by atoms with Crippen LogP contribution in [0.15, 0.2) is 36.7 Å². The summed E-state index contributed by atoms with van der Waals surface area (Å²) in [5.74, 6) is -0.989. The zero-order chi connectivity index (χ0) is 16.2. The molecule has 0 saturated heterocycles. The maximum atomic E-state index is 13.4. The normalized spacial score (nSPS) is 12.3. The molecule has 0 aliphatic rings. The Morgan fingerprint density at radius 2 is 2.00 bits per heavy atom. The summed E-state index contributed by atoms with van der Waals surface area (Å²) in [5, 5.41) is 7.37. The molecule has 0 unspecified atom stereocenters.